The number of aromatic nitrogens is 1. The second-order valence-corrected chi connectivity index (χ2v) is 18.5. The van der Waals surface area contributed by atoms with Gasteiger partial charge in [-0.15, -0.1) is 0 Å². The molecule has 6 aliphatic rings. The Morgan fingerprint density at radius 1 is 0.917 bits per heavy atom. The van der Waals surface area contributed by atoms with Crippen molar-refractivity contribution in [1.29, 1.82) is 0 Å². The number of rotatable bonds is 2. The molecule has 11 rings (SSSR count). The molecule has 0 bridgehead atoms. The van der Waals surface area contributed by atoms with Crippen LogP contribution < -0.4 is 21.7 Å². The Bertz CT molecular complexity index is 1970. The molecule has 5 radical (unpaired) electrons. The topological polar surface area (TPSA) is 17.3 Å². The van der Waals surface area contributed by atoms with E-state index in [1.807, 2.05) is 0 Å². The Hall–Kier alpha value is -2.34. The number of para-hydroxylation sites is 2. The van der Waals surface area contributed by atoms with Crippen LogP contribution in [0.15, 0.2) is 83.4 Å². The summed E-state index contributed by atoms with van der Waals surface area (Å²) in [6.45, 7) is 5.66. The zero-order valence-electron chi connectivity index (χ0n) is 19.5. The van der Waals surface area contributed by atoms with Crippen molar-refractivity contribution in [2.45, 2.75) is 6.42 Å². The van der Waals surface area contributed by atoms with E-state index in [0.29, 0.717) is 12.9 Å². The molecule has 11 heteroatoms. The molecule has 0 saturated carbocycles. The molecule has 5 aromatic rings. The molecule has 157 valence electrons. The van der Waals surface area contributed by atoms with Gasteiger partial charge in [0, 0.05) is 0 Å². The van der Waals surface area contributed by atoms with Gasteiger partial charge in [-0.25, -0.2) is 0 Å². The molecule has 0 spiro atoms. The van der Waals surface area contributed by atoms with Crippen molar-refractivity contribution >= 4 is 104 Å². The molecule has 2 nitrogen and oxygen atoms in total. The van der Waals surface area contributed by atoms with Crippen molar-refractivity contribution < 1.29 is 0 Å². The second-order valence-electron chi connectivity index (χ2n) is 11.6. The van der Waals surface area contributed by atoms with Crippen LogP contribution in [0.5, 0.6) is 0 Å². The number of nitrogens with zero attached hydrogens (tertiary/aromatic N) is 2. The van der Waals surface area contributed by atoms with Crippen LogP contribution in [0.25, 0.3) is 27.5 Å². The summed E-state index contributed by atoms with van der Waals surface area (Å²) in [7, 11) is 2.43. The molecule has 6 aliphatic heterocycles. The fourth-order valence-corrected chi connectivity index (χ4v) is 17.2. The van der Waals surface area contributed by atoms with E-state index in [9.17, 15) is 0 Å². The van der Waals surface area contributed by atoms with E-state index in [-0.39, 0.29) is 7.47 Å². The summed E-state index contributed by atoms with van der Waals surface area (Å²) in [6, 6.07) is 30.1. The third-order valence-electron chi connectivity index (χ3n) is 9.93. The first-order valence-electron chi connectivity index (χ1n) is 13.1. The summed E-state index contributed by atoms with van der Waals surface area (Å²) in [5, 5.41) is 4.45. The Morgan fingerprint density at radius 2 is 1.67 bits per heavy atom. The predicted molar refractivity (Wildman–Crippen MR) is 165 cm³/mol. The third kappa shape index (κ3) is 1.92. The van der Waals surface area contributed by atoms with Gasteiger partial charge in [0.15, 0.2) is 0 Å². The maximum atomic E-state index is 5.83. The average molecular weight is 481 g/mol. The molecule has 4 fully saturated rings. The first kappa shape index (κ1) is 18.8. The van der Waals surface area contributed by atoms with Crippen molar-refractivity contribution in [3.8, 4) is 5.69 Å². The summed E-state index contributed by atoms with van der Waals surface area (Å²) in [5.41, 5.74) is 11.7. The summed E-state index contributed by atoms with van der Waals surface area (Å²) in [4.78, 5) is 0. The third-order valence-corrected chi connectivity index (χ3v) is 18.4. The van der Waals surface area contributed by atoms with Crippen molar-refractivity contribution in [2.75, 3.05) is 0 Å². The van der Waals surface area contributed by atoms with Crippen LogP contribution in [-0.2, 0) is 6.42 Å². The molecular formula is C25H15B7N2P2-. The van der Waals surface area contributed by atoms with Gasteiger partial charge in [-0.3, -0.25) is 0 Å². The van der Waals surface area contributed by atoms with E-state index in [2.05, 4.69) is 104 Å². The Balaban J connectivity index is 1.35. The summed E-state index contributed by atoms with van der Waals surface area (Å²) in [5.74, 6) is 0. The van der Waals surface area contributed by atoms with Crippen LogP contribution >= 0.6 is 13.9 Å². The first-order chi connectivity index (χ1) is 17.8. The zero-order valence-corrected chi connectivity index (χ0v) is 21.3. The SMILES string of the molecule is [B]1B2[B-]P12(N=[P+]1B2[B-]B21)c1cc2c3ccccc3n3c2c2c1Cc1ccccc1B2c1ccccc1-3. The van der Waals surface area contributed by atoms with Crippen LogP contribution in [0.3, 0.4) is 0 Å². The van der Waals surface area contributed by atoms with Gasteiger partial charge in [-0.2, -0.15) is 0 Å². The van der Waals surface area contributed by atoms with Gasteiger partial charge in [0.05, 0.1) is 0 Å². The van der Waals surface area contributed by atoms with Crippen LogP contribution in [-0.4, -0.2) is 50.8 Å². The molecular weight excluding hydrogens is 466 g/mol. The molecule has 0 N–H and O–H groups in total. The fourth-order valence-electron chi connectivity index (χ4n) is 7.80. The molecule has 0 unspecified atom stereocenters. The van der Waals surface area contributed by atoms with E-state index < -0.39 is 6.39 Å². The van der Waals surface area contributed by atoms with Gasteiger partial charge < -0.3 is 0 Å². The maximum absolute atomic E-state index is 5.83. The molecule has 4 aromatic carbocycles. The molecule has 0 amide bonds. The summed E-state index contributed by atoms with van der Waals surface area (Å²) < 4.78 is 8.41. The summed E-state index contributed by atoms with van der Waals surface area (Å²) >= 11 is 0. The molecule has 1 aromatic heterocycles. The van der Waals surface area contributed by atoms with Gasteiger partial charge >= 0.3 is 215 Å². The van der Waals surface area contributed by atoms with Crippen molar-refractivity contribution in [3.63, 3.8) is 0 Å². The number of hydrogen-bond donors (Lipinski definition) is 0. The van der Waals surface area contributed by atoms with Gasteiger partial charge in [0.2, 0.25) is 0 Å². The van der Waals surface area contributed by atoms with Gasteiger partial charge in [0.1, 0.15) is 0 Å². The molecule has 7 heterocycles. The normalized spacial score (nSPS) is 22.1. The Morgan fingerprint density at radius 3 is 2.47 bits per heavy atom. The van der Waals surface area contributed by atoms with Crippen LogP contribution in [0.4, 0.5) is 0 Å². The van der Waals surface area contributed by atoms with E-state index in [4.69, 9.17) is 4.52 Å². The van der Waals surface area contributed by atoms with Gasteiger partial charge in [-0.05, 0) is 0 Å². The molecule has 4 saturated heterocycles. The van der Waals surface area contributed by atoms with Gasteiger partial charge in [-0.1, -0.05) is 0 Å². The molecule has 0 atom stereocenters. The van der Waals surface area contributed by atoms with E-state index in [0.717, 1.165) is 18.8 Å². The van der Waals surface area contributed by atoms with Gasteiger partial charge in [0.25, 0.3) is 0 Å². The van der Waals surface area contributed by atoms with E-state index in [1.54, 1.807) is 16.3 Å². The van der Waals surface area contributed by atoms with Crippen molar-refractivity contribution in [3.05, 3.63) is 90.0 Å². The van der Waals surface area contributed by atoms with Crippen LogP contribution in [0, 0.1) is 0 Å². The Kier molecular flexibility index (Phi) is 2.92. The monoisotopic (exact) mass is 482 g/mol. The van der Waals surface area contributed by atoms with Crippen LogP contribution in [0.2, 0.25) is 0 Å². The van der Waals surface area contributed by atoms with E-state index >= 15 is 0 Å². The standard InChI is InChI=1S/C25H15B7N2P2/c1-3-9-19-15(7-1)13-18-23(36(27-30(36)28-36)33-35-31-26-32(31)35)14-17-16-8-2-5-11-21(16)34-22-12-6-4-10-20(22)29(19)24(18)25(17)34/h1-12,14H,13H2/q-1. The number of hydrogen-bond acceptors (Lipinski definition) is 1. The predicted octanol–water partition coefficient (Wildman–Crippen LogP) is 2.31. The first-order valence-corrected chi connectivity index (χ1v) is 17.0. The zero-order chi connectivity index (χ0) is 23.0. The van der Waals surface area contributed by atoms with Crippen LogP contribution in [0.1, 0.15) is 11.1 Å². The molecule has 0 aliphatic carbocycles. The Labute approximate surface area is 214 Å². The van der Waals surface area contributed by atoms with Crippen molar-refractivity contribution in [2.24, 2.45) is 4.52 Å². The van der Waals surface area contributed by atoms with Crippen molar-refractivity contribution in [1.82, 2.24) is 4.57 Å². The molecule has 36 heavy (non-hydrogen) atoms. The minimum absolute atomic E-state index is 0.0886. The second kappa shape index (κ2) is 5.57. The quantitative estimate of drug-likeness (QED) is 0.267. The number of fused-ring (bicyclic) bond motifs is 10. The summed E-state index contributed by atoms with van der Waals surface area (Å²) in [6.07, 6.45) is 1.13. The number of benzene rings is 4. The minimum atomic E-state index is -2.29. The van der Waals surface area contributed by atoms with E-state index in [1.165, 1.54) is 44.0 Å². The average Bonchev–Trinajstić information content (AvgIpc) is 3.82. The fraction of sp³-hybridized carbons (Fsp3) is 0.0400.